The van der Waals surface area contributed by atoms with Gasteiger partial charge in [-0.2, -0.15) is 0 Å². The molecule has 5 nitrogen and oxygen atoms in total. The quantitative estimate of drug-likeness (QED) is 0.725. The molecule has 5 heteroatoms. The molecule has 0 radical (unpaired) electrons. The Balaban J connectivity index is 2.13. The van der Waals surface area contributed by atoms with E-state index in [1.165, 1.54) is 0 Å². The van der Waals surface area contributed by atoms with Gasteiger partial charge in [-0.15, -0.1) is 0 Å². The van der Waals surface area contributed by atoms with Gasteiger partial charge in [-0.05, 0) is 35.9 Å². The van der Waals surface area contributed by atoms with Gasteiger partial charge in [0, 0.05) is 23.3 Å². The van der Waals surface area contributed by atoms with Gasteiger partial charge in [-0.3, -0.25) is 0 Å². The van der Waals surface area contributed by atoms with Crippen molar-refractivity contribution in [1.29, 1.82) is 0 Å². The van der Waals surface area contributed by atoms with E-state index < -0.39 is 5.97 Å². The number of benzene rings is 1. The van der Waals surface area contributed by atoms with Gasteiger partial charge in [0.05, 0.1) is 12.7 Å². The van der Waals surface area contributed by atoms with Crippen molar-refractivity contribution < 1.29 is 14.6 Å². The van der Waals surface area contributed by atoms with Crippen molar-refractivity contribution in [2.45, 2.75) is 0 Å². The van der Waals surface area contributed by atoms with E-state index in [0.29, 0.717) is 11.3 Å². The summed E-state index contributed by atoms with van der Waals surface area (Å²) in [5.41, 5.74) is 2.29. The first kappa shape index (κ1) is 13.9. The lowest BCUT2D eigenvalue weighted by atomic mass is 10.0. The zero-order valence-electron chi connectivity index (χ0n) is 11.9. The lowest BCUT2D eigenvalue weighted by Crippen LogP contribution is -2.00. The lowest BCUT2D eigenvalue weighted by Gasteiger charge is -2.05. The summed E-state index contributed by atoms with van der Waals surface area (Å²) in [6, 6.07) is 10.7. The molecule has 2 N–H and O–H groups in total. The molecule has 2 aromatic heterocycles. The predicted molar refractivity (Wildman–Crippen MR) is 84.6 cm³/mol. The summed E-state index contributed by atoms with van der Waals surface area (Å²) >= 11 is 0. The van der Waals surface area contributed by atoms with Crippen molar-refractivity contribution in [1.82, 2.24) is 9.97 Å². The third kappa shape index (κ3) is 2.56. The molecule has 0 atom stereocenters. The number of fused-ring (bicyclic) bond motifs is 1. The Labute approximate surface area is 126 Å². The number of carboxylic acids is 1. The summed E-state index contributed by atoms with van der Waals surface area (Å²) in [4.78, 5) is 18.9. The molecule has 0 saturated carbocycles. The van der Waals surface area contributed by atoms with E-state index in [1.54, 1.807) is 49.8 Å². The molecule has 110 valence electrons. The monoisotopic (exact) mass is 294 g/mol. The maximum Gasteiger partial charge on any atom is 0.336 e. The normalized spacial score (nSPS) is 11.6. The molecule has 0 aliphatic heterocycles. The van der Waals surface area contributed by atoms with Crippen LogP contribution in [0.1, 0.15) is 11.1 Å². The fourth-order valence-electron chi connectivity index (χ4n) is 2.31. The van der Waals surface area contributed by atoms with Crippen LogP contribution in [0.2, 0.25) is 0 Å². The second kappa shape index (κ2) is 5.73. The van der Waals surface area contributed by atoms with Gasteiger partial charge in [-0.1, -0.05) is 12.1 Å². The van der Waals surface area contributed by atoms with Crippen LogP contribution in [0.3, 0.4) is 0 Å². The molecular weight excluding hydrogens is 280 g/mol. The molecule has 0 fully saturated rings. The van der Waals surface area contributed by atoms with Crippen LogP contribution in [0.5, 0.6) is 5.75 Å². The fraction of sp³-hybridized carbons (Fsp3) is 0.0588. The topological polar surface area (TPSA) is 75.2 Å². The average molecular weight is 294 g/mol. The Morgan fingerprint density at radius 2 is 2.18 bits per heavy atom. The number of H-pyrrole nitrogens is 1. The Morgan fingerprint density at radius 1 is 1.32 bits per heavy atom. The van der Waals surface area contributed by atoms with Crippen LogP contribution in [0.25, 0.3) is 22.7 Å². The molecule has 0 amide bonds. The van der Waals surface area contributed by atoms with Crippen LogP contribution in [-0.2, 0) is 4.79 Å². The number of hydrogen-bond donors (Lipinski definition) is 2. The number of ether oxygens (including phenoxy) is 1. The molecule has 22 heavy (non-hydrogen) atoms. The van der Waals surface area contributed by atoms with Crippen molar-refractivity contribution in [2.24, 2.45) is 0 Å². The van der Waals surface area contributed by atoms with Gasteiger partial charge in [0.2, 0.25) is 0 Å². The van der Waals surface area contributed by atoms with Gasteiger partial charge in [-0.25, -0.2) is 9.78 Å². The molecule has 0 aliphatic carbocycles. The number of pyridine rings is 1. The molecule has 0 spiro atoms. The minimum Gasteiger partial charge on any atom is -0.497 e. The SMILES string of the molecule is COc1cccc(C(=Cc2c[nH]c3ncccc23)C(=O)O)c1. The van der Waals surface area contributed by atoms with Gasteiger partial charge in [0.25, 0.3) is 0 Å². The molecule has 0 unspecified atom stereocenters. The van der Waals surface area contributed by atoms with Gasteiger partial charge < -0.3 is 14.8 Å². The minimum atomic E-state index is -0.994. The van der Waals surface area contributed by atoms with Crippen LogP contribution in [0, 0.1) is 0 Å². The summed E-state index contributed by atoms with van der Waals surface area (Å²) in [6.07, 6.45) is 5.07. The van der Waals surface area contributed by atoms with E-state index in [-0.39, 0.29) is 5.57 Å². The van der Waals surface area contributed by atoms with Crippen LogP contribution < -0.4 is 4.74 Å². The number of hydrogen-bond acceptors (Lipinski definition) is 3. The number of nitrogens with one attached hydrogen (secondary N) is 1. The van der Waals surface area contributed by atoms with Crippen molar-refractivity contribution >= 4 is 28.7 Å². The Bertz CT molecular complexity index is 865. The number of carbonyl (C=O) groups is 1. The molecule has 0 saturated heterocycles. The highest BCUT2D eigenvalue weighted by atomic mass is 16.5. The van der Waals surface area contributed by atoms with Gasteiger partial charge >= 0.3 is 5.97 Å². The number of aliphatic carboxylic acids is 1. The molecule has 1 aromatic carbocycles. The number of carboxylic acid groups (broad SMARTS) is 1. The summed E-state index contributed by atoms with van der Waals surface area (Å²) in [6.45, 7) is 0. The Morgan fingerprint density at radius 3 is 2.95 bits per heavy atom. The van der Waals surface area contributed by atoms with Crippen molar-refractivity contribution in [2.75, 3.05) is 7.11 Å². The number of nitrogens with zero attached hydrogens (tertiary/aromatic N) is 1. The second-order valence-electron chi connectivity index (χ2n) is 4.74. The molecule has 2 heterocycles. The standard InChI is InChI=1S/C17H14N2O3/c1-22-13-5-2-4-11(8-13)15(17(20)21)9-12-10-19-16-14(12)6-3-7-18-16/h2-10H,1H3,(H,18,19)(H,20,21). The first-order chi connectivity index (χ1) is 10.7. The maximum absolute atomic E-state index is 11.6. The zero-order chi connectivity index (χ0) is 15.5. The molecule has 0 aliphatic rings. The zero-order valence-corrected chi connectivity index (χ0v) is 11.9. The molecule has 0 bridgehead atoms. The van der Waals surface area contributed by atoms with E-state index in [2.05, 4.69) is 9.97 Å². The number of aromatic amines is 1. The smallest absolute Gasteiger partial charge is 0.336 e. The van der Waals surface area contributed by atoms with Crippen molar-refractivity contribution in [3.8, 4) is 5.75 Å². The Kier molecular flexibility index (Phi) is 3.62. The van der Waals surface area contributed by atoms with E-state index in [1.807, 2.05) is 12.1 Å². The van der Waals surface area contributed by atoms with Crippen LogP contribution in [0.15, 0.2) is 48.8 Å². The van der Waals surface area contributed by atoms with Crippen molar-refractivity contribution in [3.05, 3.63) is 59.9 Å². The number of rotatable bonds is 4. The highest BCUT2D eigenvalue weighted by molar-refractivity contribution is 6.21. The third-order valence-electron chi connectivity index (χ3n) is 3.39. The maximum atomic E-state index is 11.6. The molecule has 3 aromatic rings. The third-order valence-corrected chi connectivity index (χ3v) is 3.39. The second-order valence-corrected chi connectivity index (χ2v) is 4.74. The summed E-state index contributed by atoms with van der Waals surface area (Å²) < 4.78 is 5.15. The minimum absolute atomic E-state index is 0.198. The van der Waals surface area contributed by atoms with Gasteiger partial charge in [0.1, 0.15) is 11.4 Å². The Hall–Kier alpha value is -3.08. The van der Waals surface area contributed by atoms with Gasteiger partial charge in [0.15, 0.2) is 0 Å². The van der Waals surface area contributed by atoms with E-state index in [4.69, 9.17) is 4.74 Å². The molecular formula is C17H14N2O3. The van der Waals surface area contributed by atoms with E-state index in [9.17, 15) is 9.90 Å². The predicted octanol–water partition coefficient (Wildman–Crippen LogP) is 3.20. The van der Waals surface area contributed by atoms with Crippen LogP contribution in [0.4, 0.5) is 0 Å². The fourth-order valence-corrected chi connectivity index (χ4v) is 2.31. The molecule has 3 rings (SSSR count). The first-order valence-corrected chi connectivity index (χ1v) is 6.70. The van der Waals surface area contributed by atoms with E-state index in [0.717, 1.165) is 16.6 Å². The average Bonchev–Trinajstić information content (AvgIpc) is 2.95. The number of methoxy groups -OCH3 is 1. The summed E-state index contributed by atoms with van der Waals surface area (Å²) in [5.74, 6) is -0.378. The highest BCUT2D eigenvalue weighted by Crippen LogP contribution is 2.25. The largest absolute Gasteiger partial charge is 0.497 e. The van der Waals surface area contributed by atoms with Crippen LogP contribution in [-0.4, -0.2) is 28.2 Å². The first-order valence-electron chi connectivity index (χ1n) is 6.70. The van der Waals surface area contributed by atoms with Crippen molar-refractivity contribution in [3.63, 3.8) is 0 Å². The van der Waals surface area contributed by atoms with Crippen LogP contribution >= 0.6 is 0 Å². The lowest BCUT2D eigenvalue weighted by molar-refractivity contribution is -0.130. The summed E-state index contributed by atoms with van der Waals surface area (Å²) in [7, 11) is 1.55. The number of aromatic nitrogens is 2. The highest BCUT2D eigenvalue weighted by Gasteiger charge is 2.13. The van der Waals surface area contributed by atoms with E-state index >= 15 is 0 Å². The summed E-state index contributed by atoms with van der Waals surface area (Å²) in [5, 5.41) is 10.4.